The van der Waals surface area contributed by atoms with Crippen molar-refractivity contribution in [2.45, 2.75) is 6.10 Å². The normalized spacial score (nSPS) is 12.4. The van der Waals surface area contributed by atoms with Gasteiger partial charge >= 0.3 is 0 Å². The van der Waals surface area contributed by atoms with Crippen molar-refractivity contribution >= 4 is 11.6 Å². The van der Waals surface area contributed by atoms with E-state index in [1.807, 2.05) is 0 Å². The van der Waals surface area contributed by atoms with E-state index in [4.69, 9.17) is 22.1 Å². The molecule has 0 spiro atoms. The van der Waals surface area contributed by atoms with E-state index in [0.717, 1.165) is 0 Å². The van der Waals surface area contributed by atoms with Crippen molar-refractivity contribution in [2.24, 2.45) is 5.73 Å². The lowest BCUT2D eigenvalue weighted by atomic mass is 10.3. The van der Waals surface area contributed by atoms with Gasteiger partial charge in [-0.25, -0.2) is 0 Å². The van der Waals surface area contributed by atoms with Gasteiger partial charge in [-0.1, -0.05) is 17.7 Å². The summed E-state index contributed by atoms with van der Waals surface area (Å²) < 4.78 is 5.37. The molecule has 0 saturated carbocycles. The number of nitrogens with two attached hydrogens (primary N) is 1. The molecule has 4 N–H and O–H groups in total. The lowest BCUT2D eigenvalue weighted by Gasteiger charge is -2.12. The maximum Gasteiger partial charge on any atom is 0.120 e. The lowest BCUT2D eigenvalue weighted by Crippen LogP contribution is -2.34. The molecule has 0 aliphatic carbocycles. The summed E-state index contributed by atoms with van der Waals surface area (Å²) in [5.74, 6) is 0.658. The zero-order valence-corrected chi connectivity index (χ0v) is 9.78. The predicted octanol–water partition coefficient (Wildman–Crippen LogP) is 0.628. The third-order valence-electron chi connectivity index (χ3n) is 1.94. The van der Waals surface area contributed by atoms with Gasteiger partial charge in [0.05, 0.1) is 0 Å². The van der Waals surface area contributed by atoms with Crippen LogP contribution >= 0.6 is 11.6 Å². The topological polar surface area (TPSA) is 67.5 Å². The number of benzene rings is 1. The fourth-order valence-corrected chi connectivity index (χ4v) is 1.36. The minimum Gasteiger partial charge on any atom is -0.491 e. The first-order valence-electron chi connectivity index (χ1n) is 5.19. The molecule has 0 amide bonds. The van der Waals surface area contributed by atoms with Gasteiger partial charge in [-0.05, 0) is 18.2 Å². The van der Waals surface area contributed by atoms with Crippen LogP contribution < -0.4 is 15.8 Å². The van der Waals surface area contributed by atoms with Crippen LogP contribution in [0.5, 0.6) is 5.75 Å². The van der Waals surface area contributed by atoms with Gasteiger partial charge in [0.2, 0.25) is 0 Å². The molecule has 0 saturated heterocycles. The van der Waals surface area contributed by atoms with Gasteiger partial charge in [-0.15, -0.1) is 0 Å². The Morgan fingerprint density at radius 1 is 1.50 bits per heavy atom. The Labute approximate surface area is 100 Å². The van der Waals surface area contributed by atoms with E-state index in [9.17, 15) is 5.11 Å². The maximum atomic E-state index is 9.55. The highest BCUT2D eigenvalue weighted by Gasteiger charge is 2.04. The molecule has 1 unspecified atom stereocenters. The summed E-state index contributed by atoms with van der Waals surface area (Å²) in [5.41, 5.74) is 5.31. The standard InChI is InChI=1S/C11H17ClN2O2/c12-9-2-1-3-11(6-9)16-8-10(15)7-14-5-4-13/h1-3,6,10,14-15H,4-5,7-8,13H2. The molecule has 0 aromatic heterocycles. The van der Waals surface area contributed by atoms with Crippen LogP contribution in [0.3, 0.4) is 0 Å². The van der Waals surface area contributed by atoms with E-state index in [0.29, 0.717) is 30.4 Å². The highest BCUT2D eigenvalue weighted by molar-refractivity contribution is 6.30. The quantitative estimate of drug-likeness (QED) is 0.616. The predicted molar refractivity (Wildman–Crippen MR) is 64.9 cm³/mol. The highest BCUT2D eigenvalue weighted by atomic mass is 35.5. The van der Waals surface area contributed by atoms with E-state index in [1.165, 1.54) is 0 Å². The summed E-state index contributed by atoms with van der Waals surface area (Å²) in [6.07, 6.45) is -0.550. The van der Waals surface area contributed by atoms with Gasteiger partial charge in [0.15, 0.2) is 0 Å². The molecular weight excluding hydrogens is 228 g/mol. The molecule has 0 bridgehead atoms. The van der Waals surface area contributed by atoms with Crippen LogP contribution in [-0.2, 0) is 0 Å². The summed E-state index contributed by atoms with van der Waals surface area (Å²) in [6, 6.07) is 7.08. The van der Waals surface area contributed by atoms with Crippen LogP contribution in [0, 0.1) is 0 Å². The molecule has 1 rings (SSSR count). The summed E-state index contributed by atoms with van der Waals surface area (Å²) in [6.45, 7) is 1.95. The summed E-state index contributed by atoms with van der Waals surface area (Å²) in [5, 5.41) is 13.2. The summed E-state index contributed by atoms with van der Waals surface area (Å²) >= 11 is 5.79. The Kier molecular flexibility index (Phi) is 6.18. The zero-order valence-electron chi connectivity index (χ0n) is 9.03. The van der Waals surface area contributed by atoms with E-state index in [2.05, 4.69) is 5.32 Å². The van der Waals surface area contributed by atoms with Crippen LogP contribution in [0.15, 0.2) is 24.3 Å². The Bertz CT molecular complexity index is 310. The molecule has 0 aliphatic heterocycles. The average Bonchev–Trinajstić information content (AvgIpc) is 2.27. The van der Waals surface area contributed by atoms with Gasteiger partial charge < -0.3 is 20.9 Å². The molecule has 0 heterocycles. The van der Waals surface area contributed by atoms with Gasteiger partial charge in [-0.2, -0.15) is 0 Å². The van der Waals surface area contributed by atoms with Crippen LogP contribution in [0.4, 0.5) is 0 Å². The van der Waals surface area contributed by atoms with Crippen LogP contribution in [0.2, 0.25) is 5.02 Å². The number of aliphatic hydroxyl groups is 1. The first-order valence-corrected chi connectivity index (χ1v) is 5.57. The third-order valence-corrected chi connectivity index (χ3v) is 2.17. The molecule has 1 aromatic rings. The Hall–Kier alpha value is -0.810. The molecular formula is C11H17ClN2O2. The van der Waals surface area contributed by atoms with Crippen LogP contribution in [0.1, 0.15) is 0 Å². The number of hydrogen-bond donors (Lipinski definition) is 3. The molecule has 0 aliphatic rings. The van der Waals surface area contributed by atoms with Gasteiger partial charge in [0, 0.05) is 24.7 Å². The summed E-state index contributed by atoms with van der Waals surface area (Å²) in [4.78, 5) is 0. The van der Waals surface area contributed by atoms with Gasteiger partial charge in [-0.3, -0.25) is 0 Å². The average molecular weight is 245 g/mol. The molecule has 5 heteroatoms. The minimum atomic E-state index is -0.550. The van der Waals surface area contributed by atoms with Crippen LogP contribution in [-0.4, -0.2) is 37.5 Å². The molecule has 0 fully saturated rings. The second-order valence-corrected chi connectivity index (χ2v) is 3.85. The van der Waals surface area contributed by atoms with Crippen molar-refractivity contribution in [3.63, 3.8) is 0 Å². The smallest absolute Gasteiger partial charge is 0.120 e. The SMILES string of the molecule is NCCNCC(O)COc1cccc(Cl)c1. The Morgan fingerprint density at radius 2 is 2.31 bits per heavy atom. The number of ether oxygens (including phenoxy) is 1. The number of hydrogen-bond acceptors (Lipinski definition) is 4. The maximum absolute atomic E-state index is 9.55. The van der Waals surface area contributed by atoms with E-state index >= 15 is 0 Å². The molecule has 1 atom stereocenters. The zero-order chi connectivity index (χ0) is 11.8. The van der Waals surface area contributed by atoms with Crippen molar-refractivity contribution < 1.29 is 9.84 Å². The summed E-state index contributed by atoms with van der Waals surface area (Å²) in [7, 11) is 0. The van der Waals surface area contributed by atoms with E-state index < -0.39 is 6.10 Å². The number of nitrogens with one attached hydrogen (secondary N) is 1. The van der Waals surface area contributed by atoms with E-state index in [-0.39, 0.29) is 6.61 Å². The molecule has 90 valence electrons. The largest absolute Gasteiger partial charge is 0.491 e. The Morgan fingerprint density at radius 3 is 3.00 bits per heavy atom. The monoisotopic (exact) mass is 244 g/mol. The van der Waals surface area contributed by atoms with Gasteiger partial charge in [0.25, 0.3) is 0 Å². The first-order chi connectivity index (χ1) is 7.72. The van der Waals surface area contributed by atoms with Crippen molar-refractivity contribution in [1.82, 2.24) is 5.32 Å². The highest BCUT2D eigenvalue weighted by Crippen LogP contribution is 2.16. The second-order valence-electron chi connectivity index (χ2n) is 3.42. The Balaban J connectivity index is 2.23. The first kappa shape index (κ1) is 13.3. The third kappa shape index (κ3) is 5.32. The molecule has 16 heavy (non-hydrogen) atoms. The fourth-order valence-electron chi connectivity index (χ4n) is 1.18. The number of rotatable bonds is 7. The number of aliphatic hydroxyl groups excluding tert-OH is 1. The van der Waals surface area contributed by atoms with Crippen molar-refractivity contribution in [3.8, 4) is 5.75 Å². The minimum absolute atomic E-state index is 0.234. The van der Waals surface area contributed by atoms with Crippen molar-refractivity contribution in [2.75, 3.05) is 26.2 Å². The van der Waals surface area contributed by atoms with Crippen LogP contribution in [0.25, 0.3) is 0 Å². The van der Waals surface area contributed by atoms with Crippen molar-refractivity contribution in [3.05, 3.63) is 29.3 Å². The number of halogens is 1. The molecule has 4 nitrogen and oxygen atoms in total. The molecule has 1 aromatic carbocycles. The lowest BCUT2D eigenvalue weighted by molar-refractivity contribution is 0.107. The van der Waals surface area contributed by atoms with Gasteiger partial charge in [0.1, 0.15) is 18.5 Å². The van der Waals surface area contributed by atoms with E-state index in [1.54, 1.807) is 24.3 Å². The van der Waals surface area contributed by atoms with Crippen molar-refractivity contribution in [1.29, 1.82) is 0 Å². The fraction of sp³-hybridized carbons (Fsp3) is 0.455. The molecule has 0 radical (unpaired) electrons. The second kappa shape index (κ2) is 7.46.